The number of halogens is 9. The number of para-hydroxylation sites is 1. The van der Waals surface area contributed by atoms with E-state index >= 15 is 8.78 Å². The first kappa shape index (κ1) is 35.5. The van der Waals surface area contributed by atoms with Gasteiger partial charge >= 0.3 is 12.1 Å². The molecule has 1 unspecified atom stereocenters. The summed E-state index contributed by atoms with van der Waals surface area (Å²) in [5.74, 6) is -10.5. The summed E-state index contributed by atoms with van der Waals surface area (Å²) in [6, 6.07) is 7.42. The van der Waals surface area contributed by atoms with Crippen molar-refractivity contribution in [3.8, 4) is 0 Å². The van der Waals surface area contributed by atoms with Crippen LogP contribution in [0.15, 0.2) is 36.4 Å². The standard InChI is InChI=1S/C31H35F9N4O2S/c1-18-11-22-21-5-2-3-6-25(21)42-27(22)28(44(18)16-29(34,35)17-45)26-23(32)12-19(13-24(26)33)41-20-14-43(15-20)8-10-47(46)9-4-7-30(36,37)31(38,39)40/h2-3,5-6,12-13,18,20,28,41-42,45H,4,7-11,14-17H2,1H3/t18-,28-,47?/m1/s1. The van der Waals surface area contributed by atoms with Gasteiger partial charge in [0, 0.05) is 82.2 Å². The van der Waals surface area contributed by atoms with E-state index in [1.54, 1.807) is 19.1 Å². The lowest BCUT2D eigenvalue weighted by atomic mass is 9.87. The van der Waals surface area contributed by atoms with Crippen LogP contribution in [0.2, 0.25) is 0 Å². The molecule has 0 spiro atoms. The summed E-state index contributed by atoms with van der Waals surface area (Å²) in [5, 5.41) is 13.1. The third-order valence-electron chi connectivity index (χ3n) is 8.76. The number of nitrogens with zero attached hydrogens (tertiary/aromatic N) is 2. The van der Waals surface area contributed by atoms with Crippen LogP contribution in [0.1, 0.15) is 42.6 Å². The maximum atomic E-state index is 15.8. The van der Waals surface area contributed by atoms with Gasteiger partial charge in [-0.25, -0.2) is 17.6 Å². The summed E-state index contributed by atoms with van der Waals surface area (Å²) in [7, 11) is -1.59. The molecule has 5 rings (SSSR count). The fourth-order valence-corrected chi connectivity index (χ4v) is 7.45. The predicted octanol–water partition coefficient (Wildman–Crippen LogP) is 6.23. The van der Waals surface area contributed by atoms with Crippen molar-refractivity contribution in [2.24, 2.45) is 0 Å². The molecular formula is C31H35F9N4O2S. The first-order valence-corrected chi connectivity index (χ1v) is 16.6. The number of hydrogen-bond acceptors (Lipinski definition) is 5. The molecule has 16 heteroatoms. The van der Waals surface area contributed by atoms with E-state index in [-0.39, 0.29) is 23.2 Å². The second-order valence-electron chi connectivity index (χ2n) is 12.3. The molecule has 0 amide bonds. The van der Waals surface area contributed by atoms with E-state index < -0.39 is 84.1 Å². The summed E-state index contributed by atoms with van der Waals surface area (Å²) < 4.78 is 136. The topological polar surface area (TPSA) is 71.6 Å². The highest BCUT2D eigenvalue weighted by molar-refractivity contribution is 7.84. The first-order chi connectivity index (χ1) is 22.0. The summed E-state index contributed by atoms with van der Waals surface area (Å²) in [4.78, 5) is 6.34. The fraction of sp³-hybridized carbons (Fsp3) is 0.548. The Kier molecular flexibility index (Phi) is 10.3. The van der Waals surface area contributed by atoms with Gasteiger partial charge in [-0.2, -0.15) is 22.0 Å². The van der Waals surface area contributed by atoms with Gasteiger partial charge in [-0.15, -0.1) is 0 Å². The fourth-order valence-electron chi connectivity index (χ4n) is 6.32. The maximum Gasteiger partial charge on any atom is 0.453 e. The molecule has 3 atom stereocenters. The minimum absolute atomic E-state index is 0.0731. The Labute approximate surface area is 267 Å². The number of H-pyrrole nitrogens is 1. The van der Waals surface area contributed by atoms with E-state index in [9.17, 15) is 40.0 Å². The normalized spacial score (nSPS) is 20.7. The SMILES string of the molecule is C[C@@H]1Cc2c([nH]c3ccccc23)[C@@H](c2c(F)cc(NC3CN(CCS(=O)CCCC(F)(F)C(F)(F)F)C3)cc2F)N1CC(F)(F)CO. The minimum Gasteiger partial charge on any atom is -0.390 e. The van der Waals surface area contributed by atoms with E-state index in [0.29, 0.717) is 37.3 Å². The molecule has 6 nitrogen and oxygen atoms in total. The Bertz CT molecular complexity index is 1570. The van der Waals surface area contributed by atoms with Crippen molar-refractivity contribution in [1.82, 2.24) is 14.8 Å². The van der Waals surface area contributed by atoms with E-state index in [1.165, 1.54) is 4.90 Å². The number of benzene rings is 2. The number of anilines is 1. The summed E-state index contributed by atoms with van der Waals surface area (Å²) >= 11 is 0. The maximum absolute atomic E-state index is 15.8. The van der Waals surface area contributed by atoms with E-state index in [4.69, 9.17) is 0 Å². The predicted molar refractivity (Wildman–Crippen MR) is 160 cm³/mol. The van der Waals surface area contributed by atoms with Crippen LogP contribution in [0.4, 0.5) is 45.2 Å². The first-order valence-electron chi connectivity index (χ1n) is 15.1. The van der Waals surface area contributed by atoms with E-state index in [2.05, 4.69) is 10.3 Å². The zero-order valence-electron chi connectivity index (χ0n) is 25.3. The van der Waals surface area contributed by atoms with E-state index in [1.807, 2.05) is 17.0 Å². The van der Waals surface area contributed by atoms with E-state index in [0.717, 1.165) is 23.1 Å². The summed E-state index contributed by atoms with van der Waals surface area (Å²) in [5.41, 5.74) is 1.59. The molecule has 0 aliphatic carbocycles. The lowest BCUT2D eigenvalue weighted by molar-refractivity contribution is -0.284. The molecule has 2 aliphatic heterocycles. The molecular weight excluding hydrogens is 663 g/mol. The molecule has 3 aromatic rings. The van der Waals surface area contributed by atoms with Gasteiger partial charge < -0.3 is 15.4 Å². The van der Waals surface area contributed by atoms with Crippen molar-refractivity contribution >= 4 is 27.4 Å². The molecule has 3 N–H and O–H groups in total. The van der Waals surface area contributed by atoms with Crippen molar-refractivity contribution in [3.63, 3.8) is 0 Å². The van der Waals surface area contributed by atoms with Crippen LogP contribution < -0.4 is 5.32 Å². The second-order valence-corrected chi connectivity index (χ2v) is 14.0. The number of aromatic amines is 1. The Morgan fingerprint density at radius 2 is 1.68 bits per heavy atom. The lowest BCUT2D eigenvalue weighted by Crippen LogP contribution is -2.55. The zero-order chi connectivity index (χ0) is 34.3. The van der Waals surface area contributed by atoms with Crippen LogP contribution >= 0.6 is 0 Å². The van der Waals surface area contributed by atoms with Crippen molar-refractivity contribution in [2.45, 2.75) is 62.3 Å². The lowest BCUT2D eigenvalue weighted by Gasteiger charge is -2.42. The molecule has 1 aromatic heterocycles. The number of alkyl halides is 7. The molecule has 0 saturated carbocycles. The number of aromatic nitrogens is 1. The van der Waals surface area contributed by atoms with Crippen LogP contribution in [0.5, 0.6) is 0 Å². The number of hydrogen-bond donors (Lipinski definition) is 3. The van der Waals surface area contributed by atoms with Crippen LogP contribution in [0, 0.1) is 11.6 Å². The number of nitrogens with one attached hydrogen (secondary N) is 2. The number of fused-ring (bicyclic) bond motifs is 3. The van der Waals surface area contributed by atoms with Crippen molar-refractivity contribution in [1.29, 1.82) is 0 Å². The molecule has 2 aromatic carbocycles. The molecule has 260 valence electrons. The van der Waals surface area contributed by atoms with Gasteiger partial charge in [0.1, 0.15) is 18.2 Å². The monoisotopic (exact) mass is 698 g/mol. The number of aliphatic hydroxyl groups excluding tert-OH is 1. The molecule has 3 heterocycles. The zero-order valence-corrected chi connectivity index (χ0v) is 26.1. The Morgan fingerprint density at radius 1 is 1.02 bits per heavy atom. The minimum atomic E-state index is -5.64. The van der Waals surface area contributed by atoms with Crippen LogP contribution in [-0.4, -0.2) is 98.5 Å². The van der Waals surface area contributed by atoms with Crippen LogP contribution in [0.3, 0.4) is 0 Å². The second kappa shape index (κ2) is 13.6. The average Bonchev–Trinajstić information content (AvgIpc) is 3.32. The smallest absolute Gasteiger partial charge is 0.390 e. The van der Waals surface area contributed by atoms with Crippen molar-refractivity contribution in [2.75, 3.05) is 49.6 Å². The Hall–Kier alpha value is -2.82. The Balaban J connectivity index is 1.24. The van der Waals surface area contributed by atoms with Gasteiger partial charge in [0.2, 0.25) is 0 Å². The van der Waals surface area contributed by atoms with Gasteiger partial charge in [0.15, 0.2) is 0 Å². The highest BCUT2D eigenvalue weighted by Crippen LogP contribution is 2.44. The number of likely N-dealkylation sites (tertiary alicyclic amines) is 1. The molecule has 0 radical (unpaired) electrons. The quantitative estimate of drug-likeness (QED) is 0.185. The van der Waals surface area contributed by atoms with Gasteiger partial charge in [0.25, 0.3) is 5.92 Å². The summed E-state index contributed by atoms with van der Waals surface area (Å²) in [6.45, 7) is 0.440. The number of aliphatic hydroxyl groups is 1. The number of rotatable bonds is 13. The molecule has 47 heavy (non-hydrogen) atoms. The molecule has 0 bridgehead atoms. The molecule has 2 aliphatic rings. The van der Waals surface area contributed by atoms with Crippen LogP contribution in [-0.2, 0) is 17.2 Å². The van der Waals surface area contributed by atoms with Gasteiger partial charge in [-0.1, -0.05) is 18.2 Å². The highest BCUT2D eigenvalue weighted by atomic mass is 32.2. The van der Waals surface area contributed by atoms with Crippen LogP contribution in [0.25, 0.3) is 10.9 Å². The van der Waals surface area contributed by atoms with Gasteiger partial charge in [-0.3, -0.25) is 14.0 Å². The summed E-state index contributed by atoms with van der Waals surface area (Å²) in [6.07, 6.45) is -7.27. The largest absolute Gasteiger partial charge is 0.453 e. The Morgan fingerprint density at radius 3 is 2.32 bits per heavy atom. The average molecular weight is 699 g/mol. The third-order valence-corrected chi connectivity index (χ3v) is 10.1. The van der Waals surface area contributed by atoms with Gasteiger partial charge in [0.05, 0.1) is 18.6 Å². The molecule has 1 saturated heterocycles. The third kappa shape index (κ3) is 7.75. The highest BCUT2D eigenvalue weighted by Gasteiger charge is 2.56. The molecule has 1 fully saturated rings. The van der Waals surface area contributed by atoms with Crippen molar-refractivity contribution < 1.29 is 48.8 Å². The van der Waals surface area contributed by atoms with Crippen molar-refractivity contribution in [3.05, 3.63) is 64.9 Å². The van der Waals surface area contributed by atoms with Gasteiger partial charge in [-0.05, 0) is 43.5 Å².